The fraction of sp³-hybridized carbons (Fsp3) is 0.261. The summed E-state index contributed by atoms with van der Waals surface area (Å²) in [5, 5.41) is 4.26. The molecule has 0 saturated carbocycles. The predicted molar refractivity (Wildman–Crippen MR) is 121 cm³/mol. The van der Waals surface area contributed by atoms with Gasteiger partial charge in [-0.1, -0.05) is 55.4 Å². The molecule has 0 fully saturated rings. The Morgan fingerprint density at radius 2 is 1.93 bits per heavy atom. The van der Waals surface area contributed by atoms with Gasteiger partial charge in [0.1, 0.15) is 11.1 Å². The summed E-state index contributed by atoms with van der Waals surface area (Å²) in [7, 11) is 0. The lowest BCUT2D eigenvalue weighted by molar-refractivity contribution is -0.113. The van der Waals surface area contributed by atoms with Crippen LogP contribution in [0.4, 0.5) is 5.69 Å². The highest BCUT2D eigenvalue weighted by atomic mass is 32.2. The van der Waals surface area contributed by atoms with Crippen LogP contribution in [0, 0.1) is 6.92 Å². The molecule has 0 aliphatic carbocycles. The maximum absolute atomic E-state index is 13.1. The first-order valence-electron chi connectivity index (χ1n) is 9.99. The van der Waals surface area contributed by atoms with Crippen molar-refractivity contribution in [2.45, 2.75) is 38.4 Å². The minimum absolute atomic E-state index is 0.136. The highest BCUT2D eigenvalue weighted by molar-refractivity contribution is 7.99. The monoisotopic (exact) mass is 421 g/mol. The number of hydrogen-bond acceptors (Lipinski definition) is 5. The number of hydrogen-bond donors (Lipinski definition) is 1. The number of amides is 1. The van der Waals surface area contributed by atoms with Gasteiger partial charge in [-0.05, 0) is 37.1 Å². The van der Waals surface area contributed by atoms with Crippen molar-refractivity contribution in [3.05, 3.63) is 64.4 Å². The lowest BCUT2D eigenvalue weighted by atomic mass is 10.2. The van der Waals surface area contributed by atoms with E-state index in [1.807, 2.05) is 55.5 Å². The van der Waals surface area contributed by atoms with Gasteiger partial charge in [-0.15, -0.1) is 0 Å². The Labute approximate surface area is 178 Å². The number of aromatic nitrogens is 2. The Morgan fingerprint density at radius 1 is 1.17 bits per heavy atom. The quantitative estimate of drug-likeness (QED) is 0.336. The largest absolute Gasteiger partial charge is 0.448 e. The molecule has 0 aliphatic heterocycles. The Kier molecular flexibility index (Phi) is 5.90. The lowest BCUT2D eigenvalue weighted by Gasteiger charge is -2.12. The van der Waals surface area contributed by atoms with Crippen molar-refractivity contribution in [2.24, 2.45) is 0 Å². The van der Waals surface area contributed by atoms with Crippen LogP contribution in [0.25, 0.3) is 22.1 Å². The van der Waals surface area contributed by atoms with E-state index in [4.69, 9.17) is 9.40 Å². The molecule has 1 amide bonds. The second-order valence-electron chi connectivity index (χ2n) is 7.13. The smallest absolute Gasteiger partial charge is 0.297 e. The number of furan rings is 1. The van der Waals surface area contributed by atoms with Crippen LogP contribution in [0.3, 0.4) is 0 Å². The van der Waals surface area contributed by atoms with Gasteiger partial charge >= 0.3 is 0 Å². The molecule has 2 heterocycles. The van der Waals surface area contributed by atoms with E-state index in [-0.39, 0.29) is 22.8 Å². The Balaban J connectivity index is 1.66. The van der Waals surface area contributed by atoms with E-state index in [9.17, 15) is 9.59 Å². The van der Waals surface area contributed by atoms with E-state index in [0.29, 0.717) is 22.8 Å². The standard InChI is InChI=1S/C23H23N3O3S/c1-3-4-13-26-22(28)21-20(16-10-6-8-12-18(16)29-21)25-23(26)30-14-19(27)24-17-11-7-5-9-15(17)2/h5-12H,3-4,13-14H2,1-2H3,(H,24,27). The van der Waals surface area contributed by atoms with Gasteiger partial charge in [-0.2, -0.15) is 0 Å². The van der Waals surface area contributed by atoms with E-state index in [0.717, 1.165) is 29.5 Å². The van der Waals surface area contributed by atoms with Crippen LogP contribution >= 0.6 is 11.8 Å². The molecule has 4 aromatic rings. The van der Waals surface area contributed by atoms with Crippen molar-refractivity contribution in [3.63, 3.8) is 0 Å². The van der Waals surface area contributed by atoms with Crippen molar-refractivity contribution in [3.8, 4) is 0 Å². The maximum Gasteiger partial charge on any atom is 0.297 e. The van der Waals surface area contributed by atoms with Crippen molar-refractivity contribution in [2.75, 3.05) is 11.1 Å². The van der Waals surface area contributed by atoms with Crippen LogP contribution in [0.1, 0.15) is 25.3 Å². The molecule has 30 heavy (non-hydrogen) atoms. The summed E-state index contributed by atoms with van der Waals surface area (Å²) in [6, 6.07) is 15.1. The molecule has 0 aliphatic rings. The summed E-state index contributed by atoms with van der Waals surface area (Å²) in [5.41, 5.74) is 3.03. The first-order chi connectivity index (χ1) is 14.6. The summed E-state index contributed by atoms with van der Waals surface area (Å²) >= 11 is 1.27. The number of nitrogens with zero attached hydrogens (tertiary/aromatic N) is 2. The van der Waals surface area contributed by atoms with Gasteiger partial charge in [0.15, 0.2) is 5.16 Å². The third-order valence-electron chi connectivity index (χ3n) is 4.93. The summed E-state index contributed by atoms with van der Waals surface area (Å²) in [6.07, 6.45) is 1.79. The molecule has 0 atom stereocenters. The summed E-state index contributed by atoms with van der Waals surface area (Å²) in [5.74, 6) is 0.0246. The SMILES string of the molecule is CCCCn1c(SCC(=O)Nc2ccccc2C)nc2c(oc3ccccc32)c1=O. The highest BCUT2D eigenvalue weighted by Crippen LogP contribution is 2.27. The average Bonchev–Trinajstić information content (AvgIpc) is 3.12. The lowest BCUT2D eigenvalue weighted by Crippen LogP contribution is -2.24. The minimum atomic E-state index is -0.202. The topological polar surface area (TPSA) is 77.1 Å². The van der Waals surface area contributed by atoms with E-state index in [1.54, 1.807) is 4.57 Å². The Morgan fingerprint density at radius 3 is 2.73 bits per heavy atom. The molecule has 2 aromatic heterocycles. The number of fused-ring (bicyclic) bond motifs is 3. The molecule has 2 aromatic carbocycles. The van der Waals surface area contributed by atoms with Gasteiger partial charge in [-0.25, -0.2) is 4.98 Å². The molecule has 4 rings (SSSR count). The van der Waals surface area contributed by atoms with Crippen LogP contribution in [0.2, 0.25) is 0 Å². The number of para-hydroxylation sites is 2. The molecule has 0 bridgehead atoms. The number of carbonyl (C=O) groups is 1. The summed E-state index contributed by atoms with van der Waals surface area (Å²) in [6.45, 7) is 4.56. The van der Waals surface area contributed by atoms with E-state index in [2.05, 4.69) is 12.2 Å². The molecular weight excluding hydrogens is 398 g/mol. The van der Waals surface area contributed by atoms with Crippen LogP contribution in [0.15, 0.2) is 62.9 Å². The van der Waals surface area contributed by atoms with E-state index in [1.165, 1.54) is 11.8 Å². The first kappa shape index (κ1) is 20.2. The number of anilines is 1. The maximum atomic E-state index is 13.1. The van der Waals surface area contributed by atoms with E-state index >= 15 is 0 Å². The van der Waals surface area contributed by atoms with Crippen LogP contribution < -0.4 is 10.9 Å². The number of unbranched alkanes of at least 4 members (excludes halogenated alkanes) is 1. The van der Waals surface area contributed by atoms with Crippen LogP contribution in [-0.2, 0) is 11.3 Å². The average molecular weight is 422 g/mol. The summed E-state index contributed by atoms with van der Waals surface area (Å²) in [4.78, 5) is 30.4. The second kappa shape index (κ2) is 8.75. The fourth-order valence-corrected chi connectivity index (χ4v) is 4.12. The third-order valence-corrected chi connectivity index (χ3v) is 5.91. The van der Waals surface area contributed by atoms with Crippen molar-refractivity contribution >= 4 is 45.4 Å². The Bertz CT molecular complexity index is 1280. The summed E-state index contributed by atoms with van der Waals surface area (Å²) < 4.78 is 7.42. The van der Waals surface area contributed by atoms with Gasteiger partial charge in [0.25, 0.3) is 5.56 Å². The molecule has 0 radical (unpaired) electrons. The molecule has 0 spiro atoms. The van der Waals surface area contributed by atoms with Crippen LogP contribution in [-0.4, -0.2) is 21.2 Å². The van der Waals surface area contributed by atoms with Crippen molar-refractivity contribution in [1.29, 1.82) is 0 Å². The first-order valence-corrected chi connectivity index (χ1v) is 11.0. The number of benzene rings is 2. The van der Waals surface area contributed by atoms with Crippen molar-refractivity contribution < 1.29 is 9.21 Å². The normalized spacial score (nSPS) is 11.3. The number of nitrogens with one attached hydrogen (secondary N) is 1. The fourth-order valence-electron chi connectivity index (χ4n) is 3.31. The minimum Gasteiger partial charge on any atom is -0.448 e. The number of carbonyl (C=O) groups excluding carboxylic acids is 1. The van der Waals surface area contributed by atoms with Gasteiger partial charge in [0.2, 0.25) is 11.5 Å². The van der Waals surface area contributed by atoms with Crippen LogP contribution in [0.5, 0.6) is 0 Å². The van der Waals surface area contributed by atoms with Gasteiger partial charge < -0.3 is 9.73 Å². The van der Waals surface area contributed by atoms with Crippen molar-refractivity contribution in [1.82, 2.24) is 9.55 Å². The molecular formula is C23H23N3O3S. The number of thioether (sulfide) groups is 1. The zero-order chi connectivity index (χ0) is 21.1. The molecule has 154 valence electrons. The third kappa shape index (κ3) is 3.98. The van der Waals surface area contributed by atoms with E-state index < -0.39 is 0 Å². The van der Waals surface area contributed by atoms with Gasteiger partial charge in [0.05, 0.1) is 5.75 Å². The molecule has 0 saturated heterocycles. The molecule has 7 heteroatoms. The molecule has 0 unspecified atom stereocenters. The second-order valence-corrected chi connectivity index (χ2v) is 8.07. The predicted octanol–water partition coefficient (Wildman–Crippen LogP) is 4.98. The van der Waals surface area contributed by atoms with Gasteiger partial charge in [-0.3, -0.25) is 14.2 Å². The molecule has 1 N–H and O–H groups in total. The zero-order valence-corrected chi connectivity index (χ0v) is 17.8. The molecule has 6 nitrogen and oxygen atoms in total. The number of aryl methyl sites for hydroxylation is 1. The Hall–Kier alpha value is -3.06. The van der Waals surface area contributed by atoms with Gasteiger partial charge in [0, 0.05) is 17.6 Å². The highest BCUT2D eigenvalue weighted by Gasteiger charge is 2.18. The number of rotatable bonds is 7. The zero-order valence-electron chi connectivity index (χ0n) is 17.0.